The van der Waals surface area contributed by atoms with Gasteiger partial charge < -0.3 is 4.90 Å². The molecule has 0 amide bonds. The van der Waals surface area contributed by atoms with Crippen molar-refractivity contribution in [2.45, 2.75) is 11.1 Å². The van der Waals surface area contributed by atoms with E-state index in [0.717, 1.165) is 27.0 Å². The molecular weight excluding hydrogens is 477 g/mol. The molecule has 13 heteroatoms. The van der Waals surface area contributed by atoms with Gasteiger partial charge in [0.15, 0.2) is 0 Å². The van der Waals surface area contributed by atoms with Crippen molar-refractivity contribution in [3.63, 3.8) is 0 Å². The first-order valence-corrected chi connectivity index (χ1v) is 12.2. The lowest BCUT2D eigenvalue weighted by Gasteiger charge is -2.33. The number of alkyl halides is 3. The van der Waals surface area contributed by atoms with Gasteiger partial charge in [0.05, 0.1) is 21.0 Å². The van der Waals surface area contributed by atoms with Crippen molar-refractivity contribution >= 4 is 33.1 Å². The zero-order chi connectivity index (χ0) is 23.2. The zero-order valence-electron chi connectivity index (χ0n) is 17.0. The summed E-state index contributed by atoms with van der Waals surface area (Å²) in [6.07, 6.45) is -3.12. The fourth-order valence-corrected chi connectivity index (χ4v) is 6.09. The van der Waals surface area contributed by atoms with Crippen LogP contribution in [-0.2, 0) is 16.2 Å². The van der Waals surface area contributed by atoms with Gasteiger partial charge in [0.25, 0.3) is 5.78 Å². The highest BCUT2D eigenvalue weighted by Gasteiger charge is 2.39. The predicted molar refractivity (Wildman–Crippen MR) is 117 cm³/mol. The molecule has 0 bridgehead atoms. The smallest absolute Gasteiger partial charge is 0.337 e. The van der Waals surface area contributed by atoms with Gasteiger partial charge >= 0.3 is 6.18 Å². The van der Waals surface area contributed by atoms with Crippen molar-refractivity contribution in [3.05, 3.63) is 59.6 Å². The monoisotopic (exact) mass is 494 g/mol. The maximum absolute atomic E-state index is 13.3. The Hall–Kier alpha value is -3.03. The Morgan fingerprint density at radius 1 is 0.970 bits per heavy atom. The summed E-state index contributed by atoms with van der Waals surface area (Å²) in [6, 6.07) is 9.96. The molecule has 5 rings (SSSR count). The van der Waals surface area contributed by atoms with Crippen LogP contribution in [0.1, 0.15) is 5.56 Å². The van der Waals surface area contributed by atoms with Gasteiger partial charge in [-0.3, -0.25) is 0 Å². The number of fused-ring (bicyclic) bond motifs is 1. The maximum Gasteiger partial charge on any atom is 0.417 e. The average molecular weight is 495 g/mol. The van der Waals surface area contributed by atoms with Gasteiger partial charge in [0, 0.05) is 32.4 Å². The molecule has 1 aliphatic rings. The minimum absolute atomic E-state index is 0.00921. The number of benzene rings is 1. The number of anilines is 1. The summed E-state index contributed by atoms with van der Waals surface area (Å²) >= 11 is 1.56. The van der Waals surface area contributed by atoms with E-state index in [2.05, 4.69) is 15.1 Å². The zero-order valence-corrected chi connectivity index (χ0v) is 18.6. The highest BCUT2D eigenvalue weighted by molar-refractivity contribution is 7.89. The Bertz CT molecular complexity index is 1390. The molecule has 0 saturated carbocycles. The van der Waals surface area contributed by atoms with Crippen LogP contribution in [0.15, 0.2) is 58.9 Å². The molecule has 0 atom stereocenters. The first-order valence-electron chi connectivity index (χ1n) is 9.92. The number of hydrogen-bond acceptors (Lipinski definition) is 7. The van der Waals surface area contributed by atoms with Crippen LogP contribution >= 0.6 is 11.3 Å². The summed E-state index contributed by atoms with van der Waals surface area (Å²) in [5.74, 6) is 0.796. The number of halogens is 3. The summed E-state index contributed by atoms with van der Waals surface area (Å²) in [6.45, 7) is 0.488. The van der Waals surface area contributed by atoms with Crippen molar-refractivity contribution in [1.29, 1.82) is 0 Å². The van der Waals surface area contributed by atoms with Gasteiger partial charge in [-0.2, -0.15) is 27.0 Å². The molecule has 1 fully saturated rings. The number of aromatic nitrogens is 4. The highest BCUT2D eigenvalue weighted by atomic mass is 32.2. The van der Waals surface area contributed by atoms with E-state index in [9.17, 15) is 21.6 Å². The van der Waals surface area contributed by atoms with E-state index in [-0.39, 0.29) is 26.2 Å². The number of piperazine rings is 1. The lowest BCUT2D eigenvalue weighted by molar-refractivity contribution is -0.139. The van der Waals surface area contributed by atoms with Crippen LogP contribution in [0.4, 0.5) is 19.1 Å². The number of rotatable bonds is 4. The molecule has 1 saturated heterocycles. The lowest BCUT2D eigenvalue weighted by atomic mass is 10.2. The van der Waals surface area contributed by atoms with Gasteiger partial charge in [0.2, 0.25) is 16.0 Å². The van der Waals surface area contributed by atoms with Crippen LogP contribution in [0.3, 0.4) is 0 Å². The molecule has 0 aliphatic carbocycles. The molecule has 0 unspecified atom stereocenters. The van der Waals surface area contributed by atoms with E-state index in [0.29, 0.717) is 11.7 Å². The molecule has 4 aromatic rings. The standard InChI is InChI=1S/C20H17F3N6O2S2/c21-20(22,23)14-4-1-2-6-17(14)33(30,31)28-11-9-27(10-12-28)19-25-18-24-8-7-15(29(18)26-19)16-5-3-13-32-16/h1-8,13H,9-12H2. The van der Waals surface area contributed by atoms with Crippen molar-refractivity contribution in [1.82, 2.24) is 23.9 Å². The first kappa shape index (κ1) is 21.8. The molecule has 8 nitrogen and oxygen atoms in total. The number of nitrogens with zero attached hydrogens (tertiary/aromatic N) is 6. The minimum atomic E-state index is -4.76. The number of hydrogen-bond donors (Lipinski definition) is 0. The highest BCUT2D eigenvalue weighted by Crippen LogP contribution is 2.35. The second-order valence-electron chi connectivity index (χ2n) is 7.32. The van der Waals surface area contributed by atoms with E-state index < -0.39 is 26.7 Å². The molecule has 4 heterocycles. The summed E-state index contributed by atoms with van der Waals surface area (Å²) in [5.41, 5.74) is -0.333. The molecule has 172 valence electrons. The Morgan fingerprint density at radius 2 is 1.73 bits per heavy atom. The third-order valence-electron chi connectivity index (χ3n) is 5.33. The molecule has 0 radical (unpaired) electrons. The number of thiophene rings is 1. The largest absolute Gasteiger partial charge is 0.417 e. The molecule has 0 spiro atoms. The van der Waals surface area contributed by atoms with Crippen molar-refractivity contribution in [3.8, 4) is 10.6 Å². The van der Waals surface area contributed by atoms with Crippen LogP contribution < -0.4 is 4.90 Å². The van der Waals surface area contributed by atoms with Crippen molar-refractivity contribution in [2.75, 3.05) is 31.1 Å². The Morgan fingerprint density at radius 3 is 2.42 bits per heavy atom. The van der Waals surface area contributed by atoms with E-state index in [4.69, 9.17) is 0 Å². The van der Waals surface area contributed by atoms with Crippen LogP contribution in [0.2, 0.25) is 0 Å². The topological polar surface area (TPSA) is 83.7 Å². The fourth-order valence-electron chi connectivity index (χ4n) is 3.72. The fraction of sp³-hybridized carbons (Fsp3) is 0.250. The molecule has 1 aromatic carbocycles. The van der Waals surface area contributed by atoms with E-state index in [1.54, 1.807) is 26.9 Å². The lowest BCUT2D eigenvalue weighted by Crippen LogP contribution is -2.49. The summed E-state index contributed by atoms with van der Waals surface area (Å²) in [4.78, 5) is 10.8. The predicted octanol–water partition coefficient (Wildman–Crippen LogP) is 3.38. The Labute approximate surface area is 191 Å². The van der Waals surface area contributed by atoms with E-state index in [1.807, 2.05) is 23.6 Å². The Kier molecular flexibility index (Phi) is 5.34. The molecule has 33 heavy (non-hydrogen) atoms. The maximum atomic E-state index is 13.3. The van der Waals surface area contributed by atoms with Gasteiger partial charge in [-0.1, -0.05) is 18.2 Å². The molecular formula is C20H17F3N6O2S2. The van der Waals surface area contributed by atoms with Gasteiger partial charge in [-0.15, -0.1) is 16.4 Å². The minimum Gasteiger partial charge on any atom is -0.337 e. The third kappa shape index (κ3) is 3.96. The SMILES string of the molecule is O=S(=O)(c1ccccc1C(F)(F)F)N1CCN(c2nc3nccc(-c4cccs4)n3n2)CC1. The molecule has 0 N–H and O–H groups in total. The molecule has 1 aliphatic heterocycles. The van der Waals surface area contributed by atoms with Crippen LogP contribution in [0, 0.1) is 0 Å². The summed E-state index contributed by atoms with van der Waals surface area (Å²) in [5, 5.41) is 6.50. The van der Waals surface area contributed by atoms with Crippen LogP contribution in [0.25, 0.3) is 16.3 Å². The summed E-state index contributed by atoms with van der Waals surface area (Å²) < 4.78 is 68.7. The Balaban J connectivity index is 1.38. The third-order valence-corrected chi connectivity index (χ3v) is 8.18. The van der Waals surface area contributed by atoms with Crippen molar-refractivity contribution < 1.29 is 21.6 Å². The van der Waals surface area contributed by atoms with Gasteiger partial charge in [-0.05, 0) is 29.6 Å². The average Bonchev–Trinajstić information content (AvgIpc) is 3.48. The second kappa shape index (κ2) is 8.08. The number of sulfonamides is 1. The second-order valence-corrected chi connectivity index (χ2v) is 10.2. The first-order chi connectivity index (χ1) is 15.7. The van der Waals surface area contributed by atoms with Gasteiger partial charge in [-0.25, -0.2) is 13.4 Å². The quantitative estimate of drug-likeness (QED) is 0.433. The van der Waals surface area contributed by atoms with Gasteiger partial charge in [0.1, 0.15) is 0 Å². The van der Waals surface area contributed by atoms with E-state index >= 15 is 0 Å². The van der Waals surface area contributed by atoms with Crippen LogP contribution in [-0.4, -0.2) is 58.5 Å². The van der Waals surface area contributed by atoms with Crippen LogP contribution in [0.5, 0.6) is 0 Å². The summed E-state index contributed by atoms with van der Waals surface area (Å²) in [7, 11) is -4.31. The van der Waals surface area contributed by atoms with Crippen molar-refractivity contribution in [2.24, 2.45) is 0 Å². The molecule has 3 aromatic heterocycles. The van der Waals surface area contributed by atoms with E-state index in [1.165, 1.54) is 12.1 Å². The normalized spacial score (nSPS) is 15.9.